The molecule has 0 saturated carbocycles. The van der Waals surface area contributed by atoms with Gasteiger partial charge in [0, 0.05) is 35.8 Å². The van der Waals surface area contributed by atoms with Crippen LogP contribution in [0.4, 0.5) is 42.0 Å². The fraction of sp³-hybridized carbons (Fsp3) is 0.424. The molecule has 4 fully saturated rings. The third kappa shape index (κ3) is 5.19. The SMILES string of the molecule is N#Cc1c(N)sc2c(F)ccc(-c3c(C(F)(F)F)cc4c(N5CCCC6(C5)NC(=O)NC6=O)nc(OC[C@@]56CCCN5C[C@H](F)C6)nc4c3F)c12. The number of nitrogens with zero attached hydrogens (tertiary/aromatic N) is 5. The second-order valence-corrected chi connectivity index (χ2v) is 14.5. The lowest BCUT2D eigenvalue weighted by molar-refractivity contribution is -0.137. The molecule has 1 unspecified atom stereocenters. The lowest BCUT2D eigenvalue weighted by Crippen LogP contribution is -2.58. The van der Waals surface area contributed by atoms with Gasteiger partial charge in [0.05, 0.1) is 27.9 Å². The average molecular weight is 731 g/mol. The molecule has 4 N–H and O–H groups in total. The summed E-state index contributed by atoms with van der Waals surface area (Å²) < 4.78 is 97.4. The van der Waals surface area contributed by atoms with Crippen LogP contribution >= 0.6 is 11.3 Å². The van der Waals surface area contributed by atoms with Crippen molar-refractivity contribution in [3.8, 4) is 23.2 Å². The maximum absolute atomic E-state index is 17.1. The highest BCUT2D eigenvalue weighted by Crippen LogP contribution is 2.48. The number of fused-ring (bicyclic) bond motifs is 3. The quantitative estimate of drug-likeness (QED) is 0.181. The summed E-state index contributed by atoms with van der Waals surface area (Å²) in [7, 11) is 0. The summed E-state index contributed by atoms with van der Waals surface area (Å²) in [6, 6.07) is 3.19. The number of benzene rings is 2. The Bertz CT molecular complexity index is 2210. The highest BCUT2D eigenvalue weighted by atomic mass is 32.1. The third-order valence-electron chi connectivity index (χ3n) is 10.4. The van der Waals surface area contributed by atoms with Crippen molar-refractivity contribution in [3.05, 3.63) is 41.0 Å². The molecule has 51 heavy (non-hydrogen) atoms. The van der Waals surface area contributed by atoms with Gasteiger partial charge < -0.3 is 20.7 Å². The molecule has 266 valence electrons. The average Bonchev–Trinajstić information content (AvgIpc) is 3.79. The monoisotopic (exact) mass is 730 g/mol. The number of nitrogens with two attached hydrogens (primary N) is 1. The molecule has 0 radical (unpaired) electrons. The number of nitriles is 1. The molecule has 2 aromatic heterocycles. The Morgan fingerprint density at radius 1 is 1.16 bits per heavy atom. The van der Waals surface area contributed by atoms with Crippen molar-refractivity contribution >= 4 is 55.1 Å². The van der Waals surface area contributed by atoms with Crippen molar-refractivity contribution in [2.45, 2.75) is 55.5 Å². The van der Waals surface area contributed by atoms with Crippen molar-refractivity contribution in [2.75, 3.05) is 43.4 Å². The summed E-state index contributed by atoms with van der Waals surface area (Å²) >= 11 is 0.651. The molecule has 3 atom stereocenters. The van der Waals surface area contributed by atoms with Crippen LogP contribution < -0.4 is 26.0 Å². The molecule has 0 bridgehead atoms. The van der Waals surface area contributed by atoms with E-state index in [9.17, 15) is 23.6 Å². The van der Waals surface area contributed by atoms with Crippen molar-refractivity contribution in [1.82, 2.24) is 25.5 Å². The number of hydrogen-bond acceptors (Lipinski definition) is 10. The van der Waals surface area contributed by atoms with Crippen molar-refractivity contribution in [3.63, 3.8) is 0 Å². The first-order valence-electron chi connectivity index (χ1n) is 16.2. The van der Waals surface area contributed by atoms with Gasteiger partial charge in [0.25, 0.3) is 5.91 Å². The maximum Gasteiger partial charge on any atom is 0.417 e. The van der Waals surface area contributed by atoms with Gasteiger partial charge in [0.2, 0.25) is 0 Å². The van der Waals surface area contributed by atoms with E-state index < -0.39 is 75.2 Å². The van der Waals surface area contributed by atoms with Crippen molar-refractivity contribution < 1.29 is 40.7 Å². The van der Waals surface area contributed by atoms with Gasteiger partial charge in [-0.25, -0.2) is 18.0 Å². The van der Waals surface area contributed by atoms with Gasteiger partial charge in [-0.1, -0.05) is 6.07 Å². The van der Waals surface area contributed by atoms with Crippen LogP contribution in [0.25, 0.3) is 32.1 Å². The van der Waals surface area contributed by atoms with Crippen LogP contribution in [-0.2, 0) is 11.0 Å². The van der Waals surface area contributed by atoms with Gasteiger partial charge in [-0.15, -0.1) is 11.3 Å². The summed E-state index contributed by atoms with van der Waals surface area (Å²) in [5.74, 6) is -3.11. The van der Waals surface area contributed by atoms with Gasteiger partial charge in [0.1, 0.15) is 46.5 Å². The number of urea groups is 1. The lowest BCUT2D eigenvalue weighted by atomic mass is 9.88. The summed E-state index contributed by atoms with van der Waals surface area (Å²) in [4.78, 5) is 37.2. The molecule has 3 amide bonds. The zero-order valence-corrected chi connectivity index (χ0v) is 27.4. The predicted molar refractivity (Wildman–Crippen MR) is 174 cm³/mol. The Balaban J connectivity index is 1.35. The van der Waals surface area contributed by atoms with Gasteiger partial charge in [0.15, 0.2) is 5.82 Å². The summed E-state index contributed by atoms with van der Waals surface area (Å²) in [6.45, 7) is 0.758. The molecule has 1 spiro atoms. The van der Waals surface area contributed by atoms with Gasteiger partial charge in [-0.05, 0) is 49.9 Å². The Kier molecular flexibility index (Phi) is 7.54. The van der Waals surface area contributed by atoms with E-state index in [4.69, 9.17) is 10.5 Å². The number of piperidine rings is 1. The van der Waals surface area contributed by atoms with Crippen LogP contribution in [-0.4, -0.2) is 76.8 Å². The number of rotatable bonds is 5. The Hall–Kier alpha value is -4.89. The molecule has 4 aromatic rings. The molecule has 8 rings (SSSR count). The third-order valence-corrected chi connectivity index (χ3v) is 11.5. The smallest absolute Gasteiger partial charge is 0.417 e. The summed E-state index contributed by atoms with van der Waals surface area (Å²) in [5.41, 5.74) is 0.106. The van der Waals surface area contributed by atoms with Crippen LogP contribution in [0.5, 0.6) is 6.01 Å². The number of amides is 3. The van der Waals surface area contributed by atoms with E-state index in [1.54, 1.807) is 6.07 Å². The zero-order chi connectivity index (χ0) is 36.0. The number of aromatic nitrogens is 2. The Morgan fingerprint density at radius 3 is 2.67 bits per heavy atom. The minimum Gasteiger partial charge on any atom is -0.461 e. The molecule has 4 aliphatic rings. The molecular formula is C33H28F6N8O3S. The first-order chi connectivity index (χ1) is 24.2. The number of hydrogen-bond donors (Lipinski definition) is 3. The first-order valence-corrected chi connectivity index (χ1v) is 17.0. The maximum atomic E-state index is 17.1. The fourth-order valence-corrected chi connectivity index (χ4v) is 9.14. The number of alkyl halides is 4. The largest absolute Gasteiger partial charge is 0.461 e. The number of nitrogen functional groups attached to an aromatic ring is 1. The van der Waals surface area contributed by atoms with Crippen LogP contribution in [0, 0.1) is 23.0 Å². The lowest BCUT2D eigenvalue weighted by Gasteiger charge is -2.39. The van der Waals surface area contributed by atoms with Crippen LogP contribution in [0.2, 0.25) is 0 Å². The Morgan fingerprint density at radius 2 is 1.94 bits per heavy atom. The van der Waals surface area contributed by atoms with Gasteiger partial charge in [-0.2, -0.15) is 28.4 Å². The summed E-state index contributed by atoms with van der Waals surface area (Å²) in [6.07, 6.45) is -4.11. The van der Waals surface area contributed by atoms with E-state index in [1.165, 1.54) is 4.90 Å². The number of thiophene rings is 1. The van der Waals surface area contributed by atoms with Crippen LogP contribution in [0.15, 0.2) is 18.2 Å². The van der Waals surface area contributed by atoms with E-state index in [1.807, 2.05) is 4.90 Å². The molecule has 6 heterocycles. The molecule has 4 aliphatic heterocycles. The van der Waals surface area contributed by atoms with E-state index in [-0.39, 0.29) is 70.9 Å². The molecule has 18 heteroatoms. The second-order valence-electron chi connectivity index (χ2n) is 13.5. The molecule has 4 saturated heterocycles. The van der Waals surface area contributed by atoms with Crippen LogP contribution in [0.1, 0.15) is 43.2 Å². The highest BCUT2D eigenvalue weighted by Gasteiger charge is 2.51. The summed E-state index contributed by atoms with van der Waals surface area (Å²) in [5, 5.41) is 13.8. The van der Waals surface area contributed by atoms with Crippen LogP contribution in [0.3, 0.4) is 0 Å². The van der Waals surface area contributed by atoms with E-state index in [0.717, 1.165) is 18.6 Å². The molecule has 11 nitrogen and oxygen atoms in total. The number of carbonyl (C=O) groups is 2. The van der Waals surface area contributed by atoms with E-state index in [2.05, 4.69) is 20.6 Å². The highest BCUT2D eigenvalue weighted by molar-refractivity contribution is 7.23. The standard InChI is InChI=1S/C33H28F6N8O3S/c34-15-10-31(5-1-8-47(31)12-15)14-50-30-42-24-17(27(43-30)46-7-2-6-32(13-46)28(48)44-29(49)45-32)9-19(33(37,38)39)22(23(24)36)16-3-4-20(35)25-21(16)18(11-40)26(41)51-25/h3-4,9,15H,1-2,5-8,10,12-14,41H2,(H2,44,45,48,49)/t15-,31+,32?/m1/s1. The first kappa shape index (κ1) is 33.3. The van der Waals surface area contributed by atoms with Gasteiger partial charge >= 0.3 is 18.2 Å². The van der Waals surface area contributed by atoms with E-state index >= 15 is 17.6 Å². The van der Waals surface area contributed by atoms with Crippen molar-refractivity contribution in [1.29, 1.82) is 5.26 Å². The minimum absolute atomic E-state index is 0.0752. The molecular weight excluding hydrogens is 702 g/mol. The normalized spacial score (nSPS) is 25.1. The topological polar surface area (TPSA) is 150 Å². The number of ether oxygens (including phenoxy) is 1. The predicted octanol–water partition coefficient (Wildman–Crippen LogP) is 5.40. The number of anilines is 2. The minimum atomic E-state index is -5.18. The number of imide groups is 1. The fourth-order valence-electron chi connectivity index (χ4n) is 8.19. The number of nitrogens with one attached hydrogen (secondary N) is 2. The molecule has 2 aromatic carbocycles. The van der Waals surface area contributed by atoms with Crippen molar-refractivity contribution in [2.24, 2.45) is 0 Å². The Labute approximate surface area is 289 Å². The van der Waals surface area contributed by atoms with E-state index in [0.29, 0.717) is 36.8 Å². The number of halogens is 6. The number of carbonyl (C=O) groups excluding carboxylic acids is 2. The molecule has 0 aliphatic carbocycles. The second kappa shape index (κ2) is 11.6. The zero-order valence-electron chi connectivity index (χ0n) is 26.6. The van der Waals surface area contributed by atoms with Gasteiger partial charge in [-0.3, -0.25) is 15.0 Å².